The average Bonchev–Trinajstić information content (AvgIpc) is 3.29. The maximum Gasteiger partial charge on any atom is 0.160 e. The Morgan fingerprint density at radius 3 is 1.45 bits per heavy atom. The monoisotopic (exact) mass is 713 g/mol. The molecule has 0 unspecified atom stereocenters. The summed E-state index contributed by atoms with van der Waals surface area (Å²) in [6.45, 7) is 0. The normalized spacial score (nSPS) is 11.2. The van der Waals surface area contributed by atoms with Gasteiger partial charge in [-0.25, -0.2) is 15.0 Å². The quantitative estimate of drug-likeness (QED) is 0.154. The molecule has 262 valence electrons. The summed E-state index contributed by atoms with van der Waals surface area (Å²) in [7, 11) is 0. The van der Waals surface area contributed by atoms with Crippen molar-refractivity contribution in [1.82, 2.24) is 15.0 Å². The first-order valence-corrected chi connectivity index (χ1v) is 18.9. The van der Waals surface area contributed by atoms with Gasteiger partial charge < -0.3 is 0 Å². The van der Waals surface area contributed by atoms with Crippen LogP contribution in [0.15, 0.2) is 212 Å². The van der Waals surface area contributed by atoms with E-state index in [2.05, 4.69) is 188 Å². The number of rotatable bonds is 7. The number of fused-ring (bicyclic) bond motifs is 3. The first-order valence-electron chi connectivity index (χ1n) is 18.9. The van der Waals surface area contributed by atoms with Crippen LogP contribution in [0.3, 0.4) is 0 Å². The highest BCUT2D eigenvalue weighted by atomic mass is 14.9. The molecule has 0 saturated carbocycles. The lowest BCUT2D eigenvalue weighted by molar-refractivity contribution is 1.18. The van der Waals surface area contributed by atoms with E-state index in [1.165, 1.54) is 32.8 Å². The molecule has 3 nitrogen and oxygen atoms in total. The first kappa shape index (κ1) is 33.1. The van der Waals surface area contributed by atoms with Crippen molar-refractivity contribution in [3.8, 4) is 78.5 Å². The summed E-state index contributed by atoms with van der Waals surface area (Å²) in [5.41, 5.74) is 14.8. The van der Waals surface area contributed by atoms with Crippen LogP contribution in [-0.4, -0.2) is 15.0 Å². The summed E-state index contributed by atoms with van der Waals surface area (Å²) in [5, 5.41) is 3.61. The van der Waals surface area contributed by atoms with Gasteiger partial charge in [-0.15, -0.1) is 0 Å². The molecule has 0 aliphatic carbocycles. The summed E-state index contributed by atoms with van der Waals surface area (Å²) >= 11 is 0. The largest absolute Gasteiger partial charge is 0.248 e. The molecule has 0 aliphatic heterocycles. The molecule has 56 heavy (non-hydrogen) atoms. The van der Waals surface area contributed by atoms with Gasteiger partial charge in [0.2, 0.25) is 0 Å². The Bertz CT molecular complexity index is 2980. The van der Waals surface area contributed by atoms with Crippen molar-refractivity contribution < 1.29 is 0 Å². The molecule has 8 aromatic carbocycles. The average molecular weight is 714 g/mol. The zero-order chi connectivity index (χ0) is 37.3. The molecule has 0 fully saturated rings. The van der Waals surface area contributed by atoms with E-state index in [0.717, 1.165) is 61.5 Å². The molecule has 0 amide bonds. The van der Waals surface area contributed by atoms with Gasteiger partial charge in [-0.2, -0.15) is 0 Å². The van der Waals surface area contributed by atoms with Gasteiger partial charge in [-0.3, -0.25) is 0 Å². The second-order valence-corrected chi connectivity index (χ2v) is 14.0. The van der Waals surface area contributed by atoms with Crippen molar-refractivity contribution in [2.45, 2.75) is 0 Å². The van der Waals surface area contributed by atoms with E-state index < -0.39 is 0 Å². The van der Waals surface area contributed by atoms with Crippen LogP contribution in [0.4, 0.5) is 0 Å². The molecular formula is C53H35N3. The molecule has 10 aromatic rings. The van der Waals surface area contributed by atoms with Crippen molar-refractivity contribution in [3.63, 3.8) is 0 Å². The zero-order valence-electron chi connectivity index (χ0n) is 30.5. The smallest absolute Gasteiger partial charge is 0.160 e. The molecule has 10 rings (SSSR count). The van der Waals surface area contributed by atoms with E-state index in [1.807, 2.05) is 24.3 Å². The minimum absolute atomic E-state index is 0.692. The van der Waals surface area contributed by atoms with E-state index in [1.54, 1.807) is 0 Å². The molecule has 0 N–H and O–H groups in total. The van der Waals surface area contributed by atoms with Gasteiger partial charge >= 0.3 is 0 Å². The minimum atomic E-state index is 0.692. The highest BCUT2D eigenvalue weighted by Gasteiger charge is 2.14. The van der Waals surface area contributed by atoms with Gasteiger partial charge in [0.05, 0.1) is 22.6 Å². The Morgan fingerprint density at radius 2 is 0.750 bits per heavy atom. The number of benzene rings is 8. The molecule has 2 aromatic heterocycles. The molecule has 0 bridgehead atoms. The fraction of sp³-hybridized carbons (Fsp3) is 0. The zero-order valence-corrected chi connectivity index (χ0v) is 30.5. The van der Waals surface area contributed by atoms with Crippen LogP contribution >= 0.6 is 0 Å². The predicted molar refractivity (Wildman–Crippen MR) is 233 cm³/mol. The summed E-state index contributed by atoms with van der Waals surface area (Å²) in [5.74, 6) is 0.692. The number of hydrogen-bond donors (Lipinski definition) is 0. The fourth-order valence-electron chi connectivity index (χ4n) is 7.62. The molecule has 0 radical (unpaired) electrons. The van der Waals surface area contributed by atoms with E-state index in [9.17, 15) is 0 Å². The van der Waals surface area contributed by atoms with E-state index >= 15 is 0 Å². The third-order valence-corrected chi connectivity index (χ3v) is 10.5. The number of nitrogens with zero attached hydrogens (tertiary/aromatic N) is 3. The van der Waals surface area contributed by atoms with Gasteiger partial charge in [0.15, 0.2) is 5.82 Å². The standard InChI is InChI=1S/C53H35N3/c1-4-13-36(14-5-1)44-20-12-21-45(33-44)51-35-50(41-18-8-3-9-19-41)55-53(56-51)43-29-25-38(26-30-43)37-23-27-42(28-24-37)49-34-47(39-15-6-2-7-16-39)52-46-22-11-10-17-40(46)31-32-48(52)54-49/h1-35H. The van der Waals surface area contributed by atoms with E-state index in [4.69, 9.17) is 15.0 Å². The Hall–Kier alpha value is -7.49. The minimum Gasteiger partial charge on any atom is -0.248 e. The van der Waals surface area contributed by atoms with E-state index in [-0.39, 0.29) is 0 Å². The van der Waals surface area contributed by atoms with Gasteiger partial charge in [0.25, 0.3) is 0 Å². The number of pyridine rings is 1. The highest BCUT2D eigenvalue weighted by molar-refractivity contribution is 6.13. The second kappa shape index (κ2) is 14.4. The van der Waals surface area contributed by atoms with Gasteiger partial charge in [0.1, 0.15) is 0 Å². The molecule has 0 spiro atoms. The lowest BCUT2D eigenvalue weighted by Gasteiger charge is -2.13. The maximum absolute atomic E-state index is 5.19. The van der Waals surface area contributed by atoms with Gasteiger partial charge in [-0.1, -0.05) is 188 Å². The van der Waals surface area contributed by atoms with Crippen LogP contribution in [0.2, 0.25) is 0 Å². The van der Waals surface area contributed by atoms with Crippen LogP contribution in [0.25, 0.3) is 100 Å². The fourth-order valence-corrected chi connectivity index (χ4v) is 7.62. The van der Waals surface area contributed by atoms with Crippen molar-refractivity contribution in [3.05, 3.63) is 212 Å². The first-order chi connectivity index (χ1) is 27.7. The third kappa shape index (κ3) is 6.42. The Kier molecular flexibility index (Phi) is 8.51. The van der Waals surface area contributed by atoms with Crippen molar-refractivity contribution >= 4 is 21.7 Å². The Balaban J connectivity index is 0.988. The van der Waals surface area contributed by atoms with Crippen molar-refractivity contribution in [2.75, 3.05) is 0 Å². The topological polar surface area (TPSA) is 38.7 Å². The summed E-state index contributed by atoms with van der Waals surface area (Å²) < 4.78 is 0. The SMILES string of the molecule is c1ccc(-c2cccc(-c3cc(-c4ccccc4)nc(-c4ccc(-c5ccc(-c6cc(-c7ccccc7)c7c(ccc8ccccc87)n6)cc5)cc4)n3)c2)cc1. The Morgan fingerprint density at radius 1 is 0.268 bits per heavy atom. The maximum atomic E-state index is 5.19. The predicted octanol–water partition coefficient (Wildman–Crippen LogP) is 13.8. The summed E-state index contributed by atoms with van der Waals surface area (Å²) in [6.07, 6.45) is 0. The number of hydrogen-bond acceptors (Lipinski definition) is 3. The van der Waals surface area contributed by atoms with Crippen LogP contribution < -0.4 is 0 Å². The van der Waals surface area contributed by atoms with Crippen LogP contribution in [0.5, 0.6) is 0 Å². The third-order valence-electron chi connectivity index (χ3n) is 10.5. The molecule has 2 heterocycles. The summed E-state index contributed by atoms with van der Waals surface area (Å²) in [4.78, 5) is 15.4. The molecule has 0 atom stereocenters. The van der Waals surface area contributed by atoms with Gasteiger partial charge in [-0.05, 0) is 68.4 Å². The van der Waals surface area contributed by atoms with E-state index in [0.29, 0.717) is 5.82 Å². The Labute approximate surface area is 326 Å². The highest BCUT2D eigenvalue weighted by Crippen LogP contribution is 2.37. The number of aromatic nitrogens is 3. The lowest BCUT2D eigenvalue weighted by atomic mass is 9.94. The van der Waals surface area contributed by atoms with Crippen LogP contribution in [-0.2, 0) is 0 Å². The van der Waals surface area contributed by atoms with Crippen LogP contribution in [0, 0.1) is 0 Å². The van der Waals surface area contributed by atoms with Crippen molar-refractivity contribution in [2.24, 2.45) is 0 Å². The van der Waals surface area contributed by atoms with Gasteiger partial charge in [0, 0.05) is 27.6 Å². The molecular weight excluding hydrogens is 679 g/mol. The molecule has 3 heteroatoms. The van der Waals surface area contributed by atoms with Crippen molar-refractivity contribution in [1.29, 1.82) is 0 Å². The molecule has 0 saturated heterocycles. The summed E-state index contributed by atoms with van der Waals surface area (Å²) in [6, 6.07) is 74.5. The van der Waals surface area contributed by atoms with Crippen LogP contribution in [0.1, 0.15) is 0 Å². The molecule has 0 aliphatic rings. The lowest BCUT2D eigenvalue weighted by Crippen LogP contribution is -1.96. The second-order valence-electron chi connectivity index (χ2n) is 14.0.